The predicted molar refractivity (Wildman–Crippen MR) is 93.1 cm³/mol. The van der Waals surface area contributed by atoms with Gasteiger partial charge in [0.2, 0.25) is 5.91 Å². The van der Waals surface area contributed by atoms with E-state index >= 15 is 0 Å². The van der Waals surface area contributed by atoms with Gasteiger partial charge in [0, 0.05) is 24.2 Å². The number of amides is 2. The van der Waals surface area contributed by atoms with Crippen LogP contribution < -0.4 is 16.0 Å². The Bertz CT molecular complexity index is 660. The summed E-state index contributed by atoms with van der Waals surface area (Å²) in [6.45, 7) is 2.33. The molecule has 1 aromatic carbocycles. The first kappa shape index (κ1) is 19.7. The minimum atomic E-state index is -0.451. The summed E-state index contributed by atoms with van der Waals surface area (Å²) >= 11 is 0. The molecular formula is C16H21ClN4O3. The molecule has 1 atom stereocenters. The summed E-state index contributed by atoms with van der Waals surface area (Å²) in [5.41, 5.74) is 0.970. The Morgan fingerprint density at radius 2 is 1.92 bits per heavy atom. The van der Waals surface area contributed by atoms with Crippen molar-refractivity contribution in [1.82, 2.24) is 21.1 Å². The van der Waals surface area contributed by atoms with Gasteiger partial charge in [0.25, 0.3) is 5.91 Å². The van der Waals surface area contributed by atoms with Crippen molar-refractivity contribution in [1.29, 1.82) is 0 Å². The molecule has 0 bridgehead atoms. The maximum absolute atomic E-state index is 12.0. The van der Waals surface area contributed by atoms with E-state index in [1.54, 1.807) is 6.07 Å². The largest absolute Gasteiger partial charge is 0.355 e. The lowest BCUT2D eigenvalue weighted by Crippen LogP contribution is -2.42. The molecule has 3 N–H and O–H groups in total. The standard InChI is InChI=1S/C16H20N4O3.ClH/c1-11(17-2)9-18-15(21)10-19-16(22)13-8-14(23-20-13)12-6-4-3-5-7-12;/h3-8,11,17H,9-10H2,1-2H3,(H,18,21)(H,19,22);1H. The molecule has 0 aliphatic rings. The Labute approximate surface area is 146 Å². The van der Waals surface area contributed by atoms with Crippen molar-refractivity contribution in [2.45, 2.75) is 13.0 Å². The number of halogens is 1. The Morgan fingerprint density at radius 1 is 1.21 bits per heavy atom. The summed E-state index contributed by atoms with van der Waals surface area (Å²) in [4.78, 5) is 23.6. The fourth-order valence-electron chi connectivity index (χ4n) is 1.80. The number of hydrogen-bond acceptors (Lipinski definition) is 5. The van der Waals surface area contributed by atoms with Crippen molar-refractivity contribution in [3.8, 4) is 11.3 Å². The third kappa shape index (κ3) is 5.68. The van der Waals surface area contributed by atoms with E-state index in [0.717, 1.165) is 5.56 Å². The lowest BCUT2D eigenvalue weighted by atomic mass is 10.1. The first-order valence-electron chi connectivity index (χ1n) is 7.34. The van der Waals surface area contributed by atoms with Crippen molar-refractivity contribution in [3.05, 3.63) is 42.1 Å². The number of aromatic nitrogens is 1. The second kappa shape index (κ2) is 9.69. The average Bonchev–Trinajstić information content (AvgIpc) is 3.08. The summed E-state index contributed by atoms with van der Waals surface area (Å²) in [5, 5.41) is 12.0. The van der Waals surface area contributed by atoms with E-state index in [1.165, 1.54) is 0 Å². The minimum Gasteiger partial charge on any atom is -0.355 e. The number of carbonyl (C=O) groups excluding carboxylic acids is 2. The van der Waals surface area contributed by atoms with Gasteiger partial charge in [-0.2, -0.15) is 0 Å². The van der Waals surface area contributed by atoms with Gasteiger partial charge in [0.05, 0.1) is 6.54 Å². The quantitative estimate of drug-likeness (QED) is 0.696. The predicted octanol–water partition coefficient (Wildman–Crippen LogP) is 1.22. The fraction of sp³-hybridized carbons (Fsp3) is 0.312. The van der Waals surface area contributed by atoms with Crippen LogP contribution in [0.1, 0.15) is 17.4 Å². The van der Waals surface area contributed by atoms with Crippen molar-refractivity contribution < 1.29 is 14.1 Å². The van der Waals surface area contributed by atoms with Gasteiger partial charge in [-0.1, -0.05) is 35.5 Å². The highest BCUT2D eigenvalue weighted by Gasteiger charge is 2.14. The molecule has 130 valence electrons. The molecule has 1 unspecified atom stereocenters. The number of nitrogens with zero attached hydrogens (tertiary/aromatic N) is 1. The van der Waals surface area contributed by atoms with E-state index in [1.807, 2.05) is 44.3 Å². The van der Waals surface area contributed by atoms with Crippen LogP contribution in [0.2, 0.25) is 0 Å². The summed E-state index contributed by atoms with van der Waals surface area (Å²) < 4.78 is 5.15. The summed E-state index contributed by atoms with van der Waals surface area (Å²) in [6.07, 6.45) is 0. The molecule has 1 heterocycles. The zero-order valence-electron chi connectivity index (χ0n) is 13.5. The second-order valence-corrected chi connectivity index (χ2v) is 5.12. The van der Waals surface area contributed by atoms with Gasteiger partial charge in [-0.3, -0.25) is 9.59 Å². The van der Waals surface area contributed by atoms with Crippen LogP contribution in [0.15, 0.2) is 40.9 Å². The molecule has 2 amide bonds. The molecule has 2 aromatic rings. The maximum atomic E-state index is 12.0. The molecule has 8 heteroatoms. The van der Waals surface area contributed by atoms with E-state index in [9.17, 15) is 9.59 Å². The molecule has 7 nitrogen and oxygen atoms in total. The van der Waals surface area contributed by atoms with Gasteiger partial charge in [0.15, 0.2) is 11.5 Å². The lowest BCUT2D eigenvalue weighted by Gasteiger charge is -2.11. The monoisotopic (exact) mass is 352 g/mol. The SMILES string of the molecule is CNC(C)CNC(=O)CNC(=O)c1cc(-c2ccccc2)on1.Cl. The van der Waals surface area contributed by atoms with E-state index in [0.29, 0.717) is 12.3 Å². The van der Waals surface area contributed by atoms with E-state index in [2.05, 4.69) is 21.1 Å². The normalized spacial score (nSPS) is 11.2. The van der Waals surface area contributed by atoms with Crippen LogP contribution in [0, 0.1) is 0 Å². The van der Waals surface area contributed by atoms with Gasteiger partial charge >= 0.3 is 0 Å². The first-order chi connectivity index (χ1) is 11.1. The molecule has 0 spiro atoms. The van der Waals surface area contributed by atoms with Gasteiger partial charge in [-0.25, -0.2) is 0 Å². The van der Waals surface area contributed by atoms with Gasteiger partial charge in [-0.05, 0) is 14.0 Å². The molecule has 0 aliphatic carbocycles. The average molecular weight is 353 g/mol. The minimum absolute atomic E-state index is 0. The molecule has 0 saturated heterocycles. The third-order valence-electron chi connectivity index (χ3n) is 3.31. The van der Waals surface area contributed by atoms with E-state index < -0.39 is 5.91 Å². The van der Waals surface area contributed by atoms with Crippen molar-refractivity contribution in [2.24, 2.45) is 0 Å². The molecular weight excluding hydrogens is 332 g/mol. The molecule has 2 rings (SSSR count). The number of nitrogens with one attached hydrogen (secondary N) is 3. The highest BCUT2D eigenvalue weighted by Crippen LogP contribution is 2.19. The number of likely N-dealkylation sites (N-methyl/N-ethyl adjacent to an activating group) is 1. The highest BCUT2D eigenvalue weighted by atomic mass is 35.5. The number of hydrogen-bond donors (Lipinski definition) is 3. The Balaban J connectivity index is 0.00000288. The van der Waals surface area contributed by atoms with Crippen molar-refractivity contribution >= 4 is 24.2 Å². The van der Waals surface area contributed by atoms with E-state index in [4.69, 9.17) is 4.52 Å². The molecule has 0 saturated carbocycles. The fourth-order valence-corrected chi connectivity index (χ4v) is 1.80. The number of benzene rings is 1. The lowest BCUT2D eigenvalue weighted by molar-refractivity contribution is -0.120. The Kier molecular flexibility index (Phi) is 7.94. The van der Waals surface area contributed by atoms with Crippen LogP contribution in [0.25, 0.3) is 11.3 Å². The first-order valence-corrected chi connectivity index (χ1v) is 7.34. The molecule has 0 radical (unpaired) electrons. The molecule has 1 aromatic heterocycles. The maximum Gasteiger partial charge on any atom is 0.273 e. The topological polar surface area (TPSA) is 96.3 Å². The van der Waals surface area contributed by atoms with Gasteiger partial charge < -0.3 is 20.5 Å². The zero-order valence-corrected chi connectivity index (χ0v) is 14.4. The third-order valence-corrected chi connectivity index (χ3v) is 3.31. The number of rotatable bonds is 7. The molecule has 24 heavy (non-hydrogen) atoms. The van der Waals surface area contributed by atoms with Crippen LogP contribution in [-0.2, 0) is 4.79 Å². The Hall–Kier alpha value is -2.38. The summed E-state index contributed by atoms with van der Waals surface area (Å²) in [5.74, 6) is -0.206. The summed E-state index contributed by atoms with van der Waals surface area (Å²) in [7, 11) is 1.81. The van der Waals surface area contributed by atoms with E-state index in [-0.39, 0.29) is 36.6 Å². The second-order valence-electron chi connectivity index (χ2n) is 5.12. The molecule has 0 fully saturated rings. The van der Waals surface area contributed by atoms with Crippen LogP contribution in [-0.4, -0.2) is 43.2 Å². The van der Waals surface area contributed by atoms with Crippen molar-refractivity contribution in [2.75, 3.05) is 20.1 Å². The number of carbonyl (C=O) groups is 2. The van der Waals surface area contributed by atoms with Gasteiger partial charge in [0.1, 0.15) is 0 Å². The zero-order chi connectivity index (χ0) is 16.7. The highest BCUT2D eigenvalue weighted by molar-refractivity contribution is 5.95. The summed E-state index contributed by atoms with van der Waals surface area (Å²) in [6, 6.07) is 11.1. The Morgan fingerprint density at radius 3 is 2.58 bits per heavy atom. The van der Waals surface area contributed by atoms with Gasteiger partial charge in [-0.15, -0.1) is 12.4 Å². The van der Waals surface area contributed by atoms with Crippen LogP contribution >= 0.6 is 12.4 Å². The molecule has 0 aliphatic heterocycles. The van der Waals surface area contributed by atoms with Crippen LogP contribution in [0.3, 0.4) is 0 Å². The van der Waals surface area contributed by atoms with Crippen LogP contribution in [0.4, 0.5) is 0 Å². The van der Waals surface area contributed by atoms with Crippen molar-refractivity contribution in [3.63, 3.8) is 0 Å². The smallest absolute Gasteiger partial charge is 0.273 e. The van der Waals surface area contributed by atoms with Crippen LogP contribution in [0.5, 0.6) is 0 Å².